The van der Waals surface area contributed by atoms with E-state index in [1.807, 2.05) is 6.07 Å². The number of alkyl halides is 3. The van der Waals surface area contributed by atoms with E-state index in [9.17, 15) is 18.0 Å². The van der Waals surface area contributed by atoms with Crippen molar-refractivity contribution in [2.75, 3.05) is 0 Å². The van der Waals surface area contributed by atoms with E-state index >= 15 is 0 Å². The monoisotopic (exact) mass is 323 g/mol. The van der Waals surface area contributed by atoms with Gasteiger partial charge in [-0.05, 0) is 36.8 Å². The fraction of sp³-hybridized carbons (Fsp3) is 0.143. The second kappa shape index (κ2) is 5.92. The number of carboxylic acid groups (broad SMARTS) is 1. The lowest BCUT2D eigenvalue weighted by atomic mass is 10.1. The maximum atomic E-state index is 12.6. The van der Waals surface area contributed by atoms with Gasteiger partial charge in [0.1, 0.15) is 11.3 Å². The quantitative estimate of drug-likeness (QED) is 0.932. The average molecular weight is 323 g/mol. The van der Waals surface area contributed by atoms with Crippen LogP contribution in [0.15, 0.2) is 24.3 Å². The van der Waals surface area contributed by atoms with Gasteiger partial charge in [0.05, 0.1) is 11.6 Å². The molecule has 0 radical (unpaired) electrons. The van der Waals surface area contributed by atoms with Crippen molar-refractivity contribution in [1.29, 1.82) is 5.26 Å². The number of hydrogen-bond donors (Lipinski definition) is 1. The summed E-state index contributed by atoms with van der Waals surface area (Å²) in [6, 6.07) is 6.54. The summed E-state index contributed by atoms with van der Waals surface area (Å²) >= 11 is 0. The topological polar surface area (TPSA) is 96.1 Å². The molecule has 6 nitrogen and oxygen atoms in total. The Morgan fingerprint density at radius 3 is 2.52 bits per heavy atom. The SMILES string of the molecule is Cc1cc(C#N)ccc1Oc1nnc(C(F)(F)F)cc1C(=O)O. The predicted octanol–water partition coefficient (Wildman–Crippen LogP) is 3.17. The van der Waals surface area contributed by atoms with Gasteiger partial charge in [-0.2, -0.15) is 18.4 Å². The Balaban J connectivity index is 2.44. The lowest BCUT2D eigenvalue weighted by molar-refractivity contribution is -0.141. The number of hydrogen-bond acceptors (Lipinski definition) is 5. The van der Waals surface area contributed by atoms with Crippen LogP contribution in [0.2, 0.25) is 0 Å². The van der Waals surface area contributed by atoms with E-state index in [2.05, 4.69) is 10.2 Å². The summed E-state index contributed by atoms with van der Waals surface area (Å²) in [5.74, 6) is -2.05. The molecule has 0 atom stereocenters. The van der Waals surface area contributed by atoms with Crippen LogP contribution in [0.5, 0.6) is 11.6 Å². The van der Waals surface area contributed by atoms with Crippen molar-refractivity contribution < 1.29 is 27.8 Å². The molecule has 0 fully saturated rings. The van der Waals surface area contributed by atoms with Gasteiger partial charge in [0.2, 0.25) is 0 Å². The number of rotatable bonds is 3. The molecule has 1 aromatic carbocycles. The Hall–Kier alpha value is -3.15. The van der Waals surface area contributed by atoms with Gasteiger partial charge in [0, 0.05) is 0 Å². The molecule has 1 N–H and O–H groups in total. The maximum Gasteiger partial charge on any atom is 0.435 e. The minimum Gasteiger partial charge on any atom is -0.477 e. The number of nitriles is 1. The first kappa shape index (κ1) is 16.2. The summed E-state index contributed by atoms with van der Waals surface area (Å²) in [5, 5.41) is 23.9. The van der Waals surface area contributed by atoms with Gasteiger partial charge in [0.15, 0.2) is 5.69 Å². The Kier molecular flexibility index (Phi) is 4.18. The summed E-state index contributed by atoms with van der Waals surface area (Å²) in [6.07, 6.45) is -4.82. The fourth-order valence-electron chi connectivity index (χ4n) is 1.69. The number of benzene rings is 1. The lowest BCUT2D eigenvalue weighted by Gasteiger charge is -2.11. The lowest BCUT2D eigenvalue weighted by Crippen LogP contribution is -2.13. The average Bonchev–Trinajstić information content (AvgIpc) is 2.48. The highest BCUT2D eigenvalue weighted by Crippen LogP contribution is 2.31. The van der Waals surface area contributed by atoms with Crippen molar-refractivity contribution >= 4 is 5.97 Å². The standard InChI is InChI=1S/C14H8F3N3O3/c1-7-4-8(6-18)2-3-10(7)23-12-9(13(21)22)5-11(19-20-12)14(15,16)17/h2-5H,1H3,(H,21,22). The van der Waals surface area contributed by atoms with E-state index in [-0.39, 0.29) is 5.75 Å². The van der Waals surface area contributed by atoms with Gasteiger partial charge in [0.25, 0.3) is 5.88 Å². The summed E-state index contributed by atoms with van der Waals surface area (Å²) < 4.78 is 42.9. The minimum atomic E-state index is -4.82. The molecule has 0 bridgehead atoms. The molecule has 118 valence electrons. The first-order valence-corrected chi connectivity index (χ1v) is 6.09. The van der Waals surface area contributed by atoms with Crippen molar-refractivity contribution in [3.63, 3.8) is 0 Å². The minimum absolute atomic E-state index is 0.153. The zero-order valence-electron chi connectivity index (χ0n) is 11.5. The highest BCUT2D eigenvalue weighted by Gasteiger charge is 2.35. The third-order valence-electron chi connectivity index (χ3n) is 2.79. The molecule has 2 rings (SSSR count). The molecule has 0 amide bonds. The molecule has 1 heterocycles. The zero-order valence-corrected chi connectivity index (χ0v) is 11.5. The number of ether oxygens (including phenoxy) is 1. The molecular formula is C14H8F3N3O3. The number of aromatic carboxylic acids is 1. The van der Waals surface area contributed by atoms with Gasteiger partial charge in [-0.25, -0.2) is 4.79 Å². The molecule has 0 spiro atoms. The molecule has 23 heavy (non-hydrogen) atoms. The smallest absolute Gasteiger partial charge is 0.435 e. The third-order valence-corrected chi connectivity index (χ3v) is 2.79. The molecule has 0 saturated heterocycles. The Bertz CT molecular complexity index is 813. The van der Waals surface area contributed by atoms with E-state index in [4.69, 9.17) is 15.1 Å². The Morgan fingerprint density at radius 2 is 2.00 bits per heavy atom. The molecule has 2 aromatic rings. The number of nitrogens with zero attached hydrogens (tertiary/aromatic N) is 3. The van der Waals surface area contributed by atoms with E-state index in [0.717, 1.165) is 0 Å². The first-order valence-electron chi connectivity index (χ1n) is 6.09. The van der Waals surface area contributed by atoms with E-state index in [0.29, 0.717) is 17.2 Å². The highest BCUT2D eigenvalue weighted by atomic mass is 19.4. The van der Waals surface area contributed by atoms with E-state index in [1.54, 1.807) is 6.92 Å². The van der Waals surface area contributed by atoms with Crippen LogP contribution >= 0.6 is 0 Å². The van der Waals surface area contributed by atoms with Crippen LogP contribution < -0.4 is 4.74 Å². The third kappa shape index (κ3) is 3.55. The van der Waals surface area contributed by atoms with Crippen molar-refractivity contribution in [2.24, 2.45) is 0 Å². The fourth-order valence-corrected chi connectivity index (χ4v) is 1.69. The van der Waals surface area contributed by atoms with Crippen LogP contribution in [0.1, 0.15) is 27.2 Å². The number of halogens is 3. The first-order chi connectivity index (χ1) is 10.7. The molecule has 9 heteroatoms. The van der Waals surface area contributed by atoms with Crippen LogP contribution in [-0.2, 0) is 6.18 Å². The Morgan fingerprint density at radius 1 is 1.30 bits per heavy atom. The predicted molar refractivity (Wildman–Crippen MR) is 70.0 cm³/mol. The summed E-state index contributed by atoms with van der Waals surface area (Å²) in [7, 11) is 0. The van der Waals surface area contributed by atoms with Crippen LogP contribution in [0.25, 0.3) is 0 Å². The largest absolute Gasteiger partial charge is 0.477 e. The maximum absolute atomic E-state index is 12.6. The number of carbonyl (C=O) groups is 1. The van der Waals surface area contributed by atoms with E-state index in [1.165, 1.54) is 18.2 Å². The van der Waals surface area contributed by atoms with Crippen molar-refractivity contribution in [1.82, 2.24) is 10.2 Å². The highest BCUT2D eigenvalue weighted by molar-refractivity contribution is 5.90. The van der Waals surface area contributed by atoms with Crippen molar-refractivity contribution in [2.45, 2.75) is 13.1 Å². The number of aromatic nitrogens is 2. The van der Waals surface area contributed by atoms with Crippen LogP contribution in [-0.4, -0.2) is 21.3 Å². The summed E-state index contributed by atoms with van der Waals surface area (Å²) in [4.78, 5) is 11.1. The van der Waals surface area contributed by atoms with Crippen molar-refractivity contribution in [3.8, 4) is 17.7 Å². The van der Waals surface area contributed by atoms with Gasteiger partial charge in [-0.1, -0.05) is 0 Å². The van der Waals surface area contributed by atoms with Gasteiger partial charge in [-0.15, -0.1) is 10.2 Å². The zero-order chi connectivity index (χ0) is 17.2. The summed E-state index contributed by atoms with van der Waals surface area (Å²) in [6.45, 7) is 1.59. The van der Waals surface area contributed by atoms with Gasteiger partial charge >= 0.3 is 12.1 Å². The number of carboxylic acids is 1. The van der Waals surface area contributed by atoms with Gasteiger partial charge in [-0.3, -0.25) is 0 Å². The molecule has 1 aromatic heterocycles. The Labute approximate surface area is 127 Å². The second-order valence-corrected chi connectivity index (χ2v) is 4.45. The van der Waals surface area contributed by atoms with Crippen LogP contribution in [0.3, 0.4) is 0 Å². The van der Waals surface area contributed by atoms with E-state index < -0.39 is 29.3 Å². The molecule has 0 saturated carbocycles. The van der Waals surface area contributed by atoms with Gasteiger partial charge < -0.3 is 9.84 Å². The van der Waals surface area contributed by atoms with Crippen LogP contribution in [0.4, 0.5) is 13.2 Å². The van der Waals surface area contributed by atoms with Crippen molar-refractivity contribution in [3.05, 3.63) is 46.6 Å². The summed E-state index contributed by atoms with van der Waals surface area (Å²) in [5.41, 5.74) is -1.36. The van der Waals surface area contributed by atoms with Crippen LogP contribution in [0, 0.1) is 18.3 Å². The molecule has 0 aliphatic rings. The number of aryl methyl sites for hydroxylation is 1. The molecule has 0 aliphatic carbocycles. The molecule has 0 aliphatic heterocycles. The molecular weight excluding hydrogens is 315 g/mol. The normalized spacial score (nSPS) is 10.9. The second-order valence-electron chi connectivity index (χ2n) is 4.45. The molecule has 0 unspecified atom stereocenters.